The van der Waals surface area contributed by atoms with Crippen molar-refractivity contribution in [1.29, 1.82) is 0 Å². The van der Waals surface area contributed by atoms with E-state index in [-0.39, 0.29) is 22.6 Å². The summed E-state index contributed by atoms with van der Waals surface area (Å²) in [6.45, 7) is 0. The highest BCUT2D eigenvalue weighted by Crippen LogP contribution is 2.37. The monoisotopic (exact) mass is 312 g/mol. The van der Waals surface area contributed by atoms with E-state index in [2.05, 4.69) is 4.74 Å². The van der Waals surface area contributed by atoms with E-state index in [9.17, 15) is 23.1 Å². The number of halogens is 3. The lowest BCUT2D eigenvalue weighted by molar-refractivity contribution is -0.274. The predicted octanol–water partition coefficient (Wildman–Crippen LogP) is 3.78. The van der Waals surface area contributed by atoms with E-state index in [1.54, 1.807) is 0 Å². The minimum absolute atomic E-state index is 0.0801. The Hall–Kier alpha value is -2.70. The first-order chi connectivity index (χ1) is 10.4. The molecule has 0 spiro atoms. The van der Waals surface area contributed by atoms with Gasteiger partial charge in [-0.1, -0.05) is 12.1 Å². The molecule has 0 saturated carbocycles. The normalized spacial score (nSPS) is 11.1. The number of phenols is 1. The van der Waals surface area contributed by atoms with Crippen LogP contribution in [0.5, 0.6) is 17.2 Å². The number of phenolic OH excluding ortho intramolecular Hbond substituents is 1. The molecule has 0 atom stereocenters. The van der Waals surface area contributed by atoms with Gasteiger partial charge in [-0.2, -0.15) is 0 Å². The van der Waals surface area contributed by atoms with Gasteiger partial charge in [0.1, 0.15) is 5.75 Å². The maximum absolute atomic E-state index is 12.2. The van der Waals surface area contributed by atoms with Crippen LogP contribution in [0.3, 0.4) is 0 Å². The van der Waals surface area contributed by atoms with Crippen LogP contribution >= 0.6 is 0 Å². The summed E-state index contributed by atoms with van der Waals surface area (Å²) >= 11 is 0. The minimum atomic E-state index is -4.81. The Morgan fingerprint density at radius 1 is 1.18 bits per heavy atom. The van der Waals surface area contributed by atoms with Crippen LogP contribution in [0.1, 0.15) is 10.4 Å². The van der Waals surface area contributed by atoms with Crippen molar-refractivity contribution >= 4 is 6.29 Å². The number of alkyl halides is 3. The van der Waals surface area contributed by atoms with Gasteiger partial charge in [-0.05, 0) is 35.4 Å². The van der Waals surface area contributed by atoms with Crippen molar-refractivity contribution in [3.8, 4) is 28.4 Å². The number of hydrogen-bond donors (Lipinski definition) is 1. The number of rotatable bonds is 4. The highest BCUT2D eigenvalue weighted by molar-refractivity contribution is 5.92. The molecule has 7 heteroatoms. The molecule has 0 amide bonds. The van der Waals surface area contributed by atoms with Crippen molar-refractivity contribution in [1.82, 2.24) is 0 Å². The number of carbonyl (C=O) groups excluding carboxylic acids is 1. The number of hydrogen-bond acceptors (Lipinski definition) is 4. The summed E-state index contributed by atoms with van der Waals surface area (Å²) in [6, 6.07) is 8.00. The number of methoxy groups -OCH3 is 1. The summed E-state index contributed by atoms with van der Waals surface area (Å²) < 4.78 is 45.5. The first-order valence-corrected chi connectivity index (χ1v) is 6.07. The highest BCUT2D eigenvalue weighted by atomic mass is 19.4. The van der Waals surface area contributed by atoms with Crippen LogP contribution in [-0.4, -0.2) is 24.9 Å². The SMILES string of the molecule is COc1ccc(-c2cccc(OC(F)(F)F)c2)c(C=O)c1O. The second-order valence-electron chi connectivity index (χ2n) is 4.27. The zero-order valence-electron chi connectivity index (χ0n) is 11.3. The lowest BCUT2D eigenvalue weighted by Crippen LogP contribution is -2.17. The van der Waals surface area contributed by atoms with Crippen LogP contribution < -0.4 is 9.47 Å². The van der Waals surface area contributed by atoms with Crippen LogP contribution in [0.4, 0.5) is 13.2 Å². The Balaban J connectivity index is 2.50. The van der Waals surface area contributed by atoms with Crippen LogP contribution in [0, 0.1) is 0 Å². The first kappa shape index (κ1) is 15.7. The quantitative estimate of drug-likeness (QED) is 0.873. The molecule has 0 unspecified atom stereocenters. The van der Waals surface area contributed by atoms with Gasteiger partial charge in [0.15, 0.2) is 17.8 Å². The molecule has 0 bridgehead atoms. The third kappa shape index (κ3) is 3.30. The van der Waals surface area contributed by atoms with Gasteiger partial charge in [0, 0.05) is 0 Å². The maximum atomic E-state index is 12.2. The molecular weight excluding hydrogens is 301 g/mol. The Morgan fingerprint density at radius 2 is 1.91 bits per heavy atom. The second kappa shape index (κ2) is 5.97. The van der Waals surface area contributed by atoms with Crippen molar-refractivity contribution in [2.24, 2.45) is 0 Å². The zero-order chi connectivity index (χ0) is 16.3. The lowest BCUT2D eigenvalue weighted by atomic mass is 9.99. The van der Waals surface area contributed by atoms with E-state index in [1.165, 1.54) is 31.4 Å². The van der Waals surface area contributed by atoms with Crippen molar-refractivity contribution in [3.05, 3.63) is 42.0 Å². The largest absolute Gasteiger partial charge is 0.573 e. The van der Waals surface area contributed by atoms with Gasteiger partial charge in [0.2, 0.25) is 0 Å². The molecule has 2 rings (SSSR count). The smallest absolute Gasteiger partial charge is 0.504 e. The first-order valence-electron chi connectivity index (χ1n) is 6.07. The molecule has 116 valence electrons. The third-order valence-corrected chi connectivity index (χ3v) is 2.90. The van der Waals surface area contributed by atoms with Gasteiger partial charge in [0.05, 0.1) is 12.7 Å². The molecule has 2 aromatic rings. The van der Waals surface area contributed by atoms with Gasteiger partial charge in [0.25, 0.3) is 0 Å². The van der Waals surface area contributed by atoms with Gasteiger partial charge < -0.3 is 14.6 Å². The molecular formula is C15H11F3O4. The molecule has 0 fully saturated rings. The van der Waals surface area contributed by atoms with Crippen molar-refractivity contribution in [3.63, 3.8) is 0 Å². The topological polar surface area (TPSA) is 55.8 Å². The van der Waals surface area contributed by atoms with E-state index in [0.29, 0.717) is 11.8 Å². The summed E-state index contributed by atoms with van der Waals surface area (Å²) in [5.41, 5.74) is 0.478. The molecule has 0 aliphatic heterocycles. The van der Waals surface area contributed by atoms with Crippen LogP contribution in [0.25, 0.3) is 11.1 Å². The van der Waals surface area contributed by atoms with E-state index < -0.39 is 12.1 Å². The lowest BCUT2D eigenvalue weighted by Gasteiger charge is -2.13. The third-order valence-electron chi connectivity index (χ3n) is 2.90. The Morgan fingerprint density at radius 3 is 2.50 bits per heavy atom. The molecule has 2 aromatic carbocycles. The fraction of sp³-hybridized carbons (Fsp3) is 0.133. The number of ether oxygens (including phenoxy) is 2. The number of benzene rings is 2. The van der Waals surface area contributed by atoms with Crippen LogP contribution in [0.2, 0.25) is 0 Å². The van der Waals surface area contributed by atoms with E-state index in [4.69, 9.17) is 4.74 Å². The van der Waals surface area contributed by atoms with Crippen molar-refractivity contribution < 1.29 is 32.5 Å². The summed E-state index contributed by atoms with van der Waals surface area (Å²) in [4.78, 5) is 11.2. The molecule has 0 aromatic heterocycles. The maximum Gasteiger partial charge on any atom is 0.573 e. The fourth-order valence-electron chi connectivity index (χ4n) is 1.98. The van der Waals surface area contributed by atoms with E-state index >= 15 is 0 Å². The molecule has 0 saturated heterocycles. The number of aromatic hydroxyl groups is 1. The average molecular weight is 312 g/mol. The average Bonchev–Trinajstić information content (AvgIpc) is 2.45. The number of carbonyl (C=O) groups is 1. The fourth-order valence-corrected chi connectivity index (χ4v) is 1.98. The number of aldehydes is 1. The Labute approximate surface area is 123 Å². The van der Waals surface area contributed by atoms with E-state index in [1.807, 2.05) is 0 Å². The Kier molecular flexibility index (Phi) is 4.25. The summed E-state index contributed by atoms with van der Waals surface area (Å²) in [5, 5.41) is 9.92. The van der Waals surface area contributed by atoms with Crippen molar-refractivity contribution in [2.75, 3.05) is 7.11 Å². The molecule has 0 aliphatic rings. The summed E-state index contributed by atoms with van der Waals surface area (Å²) in [5.74, 6) is -0.706. The summed E-state index contributed by atoms with van der Waals surface area (Å²) in [7, 11) is 1.32. The molecule has 0 radical (unpaired) electrons. The molecule has 1 N–H and O–H groups in total. The van der Waals surface area contributed by atoms with Crippen molar-refractivity contribution in [2.45, 2.75) is 6.36 Å². The predicted molar refractivity (Wildman–Crippen MR) is 72.2 cm³/mol. The second-order valence-corrected chi connectivity index (χ2v) is 4.27. The summed E-state index contributed by atoms with van der Waals surface area (Å²) in [6.07, 6.45) is -4.40. The van der Waals surface area contributed by atoms with Gasteiger partial charge in [-0.25, -0.2) is 0 Å². The van der Waals surface area contributed by atoms with Gasteiger partial charge >= 0.3 is 6.36 Å². The van der Waals surface area contributed by atoms with Gasteiger partial charge in [-0.15, -0.1) is 13.2 Å². The zero-order valence-corrected chi connectivity index (χ0v) is 11.3. The molecule has 0 heterocycles. The molecule has 4 nitrogen and oxygen atoms in total. The molecule has 22 heavy (non-hydrogen) atoms. The highest BCUT2D eigenvalue weighted by Gasteiger charge is 2.31. The standard InChI is InChI=1S/C15H11F3O4/c1-21-13-6-5-11(12(8-19)14(13)20)9-3-2-4-10(7-9)22-15(16,17)18/h2-8,20H,1H3. The van der Waals surface area contributed by atoms with Crippen LogP contribution in [0.15, 0.2) is 36.4 Å². The van der Waals surface area contributed by atoms with Gasteiger partial charge in [-0.3, -0.25) is 4.79 Å². The van der Waals surface area contributed by atoms with Crippen LogP contribution in [-0.2, 0) is 0 Å². The molecule has 0 aliphatic carbocycles. The Bertz CT molecular complexity index is 696. The minimum Gasteiger partial charge on any atom is -0.504 e. The van der Waals surface area contributed by atoms with E-state index in [0.717, 1.165) is 12.1 Å².